The molecule has 0 aliphatic rings. The Hall–Kier alpha value is -1.81. The number of carboxylic acid groups (broad SMARTS) is 1. The number of halogens is 1. The zero-order chi connectivity index (χ0) is 14.2. The van der Waals surface area contributed by atoms with Crippen molar-refractivity contribution in [3.63, 3.8) is 0 Å². The molecule has 0 atom stereocenters. The Morgan fingerprint density at radius 3 is 2.63 bits per heavy atom. The molecule has 0 bridgehead atoms. The monoisotopic (exact) mass is 278 g/mol. The van der Waals surface area contributed by atoms with Crippen LogP contribution in [0, 0.1) is 6.92 Å². The van der Waals surface area contributed by atoms with Crippen molar-refractivity contribution in [2.24, 2.45) is 0 Å². The average molecular weight is 279 g/mol. The molecule has 0 fully saturated rings. The van der Waals surface area contributed by atoms with E-state index in [4.69, 9.17) is 11.6 Å². The zero-order valence-electron chi connectivity index (χ0n) is 11.0. The number of carbonyl (C=O) groups is 1. The standard InChI is InChI=1S/C14H15ClN2O2/c1-8(2)17-9(3)11(14(18)19)12(15)13(17)10-5-4-6-16-7-10/h4-8H,1-3H3,(H,18,19). The Bertz CT molecular complexity index is 618. The van der Waals surface area contributed by atoms with E-state index in [1.54, 1.807) is 25.4 Å². The van der Waals surface area contributed by atoms with Crippen LogP contribution in [-0.4, -0.2) is 20.6 Å². The van der Waals surface area contributed by atoms with Gasteiger partial charge >= 0.3 is 5.97 Å². The summed E-state index contributed by atoms with van der Waals surface area (Å²) in [5.41, 5.74) is 2.34. The van der Waals surface area contributed by atoms with Gasteiger partial charge in [-0.05, 0) is 32.9 Å². The Labute approximate surface area is 116 Å². The first-order valence-electron chi connectivity index (χ1n) is 5.99. The van der Waals surface area contributed by atoms with Gasteiger partial charge in [0.15, 0.2) is 0 Å². The van der Waals surface area contributed by atoms with Gasteiger partial charge in [-0.25, -0.2) is 4.79 Å². The van der Waals surface area contributed by atoms with Crippen LogP contribution < -0.4 is 0 Å². The predicted octanol–water partition coefficient (Wildman–Crippen LogP) is 3.79. The molecule has 0 unspecified atom stereocenters. The van der Waals surface area contributed by atoms with Crippen LogP contribution in [-0.2, 0) is 0 Å². The maximum Gasteiger partial charge on any atom is 0.339 e. The molecule has 0 aromatic carbocycles. The van der Waals surface area contributed by atoms with Crippen molar-refractivity contribution in [1.82, 2.24) is 9.55 Å². The summed E-state index contributed by atoms with van der Waals surface area (Å²) in [7, 11) is 0. The molecule has 0 saturated carbocycles. The number of pyridine rings is 1. The van der Waals surface area contributed by atoms with Crippen molar-refractivity contribution in [1.29, 1.82) is 0 Å². The smallest absolute Gasteiger partial charge is 0.339 e. The second-order valence-electron chi connectivity index (χ2n) is 4.63. The third-order valence-corrected chi connectivity index (χ3v) is 3.42. The van der Waals surface area contributed by atoms with Gasteiger partial charge in [-0.2, -0.15) is 0 Å². The summed E-state index contributed by atoms with van der Waals surface area (Å²) < 4.78 is 1.93. The van der Waals surface area contributed by atoms with Crippen LogP contribution in [0.15, 0.2) is 24.5 Å². The maximum atomic E-state index is 11.3. The fraction of sp³-hybridized carbons (Fsp3) is 0.286. The summed E-state index contributed by atoms with van der Waals surface area (Å²) in [6.45, 7) is 5.76. The van der Waals surface area contributed by atoms with Gasteiger partial charge in [0, 0.05) is 29.7 Å². The zero-order valence-corrected chi connectivity index (χ0v) is 11.8. The van der Waals surface area contributed by atoms with Gasteiger partial charge in [-0.3, -0.25) is 4.98 Å². The van der Waals surface area contributed by atoms with Crippen LogP contribution in [0.3, 0.4) is 0 Å². The summed E-state index contributed by atoms with van der Waals surface area (Å²) in [5, 5.41) is 9.57. The molecule has 5 heteroatoms. The highest BCUT2D eigenvalue weighted by Gasteiger charge is 2.25. The molecular weight excluding hydrogens is 264 g/mol. The van der Waals surface area contributed by atoms with E-state index in [0.717, 1.165) is 5.56 Å². The van der Waals surface area contributed by atoms with E-state index >= 15 is 0 Å². The first-order chi connectivity index (χ1) is 8.95. The van der Waals surface area contributed by atoms with Crippen molar-refractivity contribution in [3.05, 3.63) is 40.8 Å². The molecule has 2 aromatic heterocycles. The predicted molar refractivity (Wildman–Crippen MR) is 74.8 cm³/mol. The highest BCUT2D eigenvalue weighted by molar-refractivity contribution is 6.36. The van der Waals surface area contributed by atoms with Gasteiger partial charge in [-0.15, -0.1) is 0 Å². The second kappa shape index (κ2) is 5.05. The molecule has 2 aromatic rings. The van der Waals surface area contributed by atoms with Gasteiger partial charge in [0.2, 0.25) is 0 Å². The van der Waals surface area contributed by atoms with Gasteiger partial charge in [0.1, 0.15) is 0 Å². The third kappa shape index (κ3) is 2.24. The Morgan fingerprint density at radius 2 is 2.16 bits per heavy atom. The summed E-state index contributed by atoms with van der Waals surface area (Å²) in [4.78, 5) is 15.4. The van der Waals surface area contributed by atoms with E-state index in [1.807, 2.05) is 24.5 Å². The quantitative estimate of drug-likeness (QED) is 0.929. The molecule has 4 nitrogen and oxygen atoms in total. The Kier molecular flexibility index (Phi) is 3.62. The molecule has 0 saturated heterocycles. The van der Waals surface area contributed by atoms with Crippen LogP contribution in [0.5, 0.6) is 0 Å². The number of carboxylic acids is 1. The van der Waals surface area contributed by atoms with E-state index < -0.39 is 5.97 Å². The number of hydrogen-bond acceptors (Lipinski definition) is 2. The average Bonchev–Trinajstić information content (AvgIpc) is 2.61. The van der Waals surface area contributed by atoms with Crippen LogP contribution in [0.1, 0.15) is 35.9 Å². The van der Waals surface area contributed by atoms with Crippen molar-refractivity contribution in [2.75, 3.05) is 0 Å². The van der Waals surface area contributed by atoms with Crippen LogP contribution in [0.2, 0.25) is 5.02 Å². The lowest BCUT2D eigenvalue weighted by atomic mass is 10.2. The van der Waals surface area contributed by atoms with Gasteiger partial charge in [0.05, 0.1) is 16.3 Å². The van der Waals surface area contributed by atoms with Crippen molar-refractivity contribution >= 4 is 17.6 Å². The first-order valence-corrected chi connectivity index (χ1v) is 6.37. The molecule has 0 amide bonds. The minimum absolute atomic E-state index is 0.112. The van der Waals surface area contributed by atoms with Crippen LogP contribution in [0.25, 0.3) is 11.3 Å². The van der Waals surface area contributed by atoms with E-state index in [-0.39, 0.29) is 16.6 Å². The highest BCUT2D eigenvalue weighted by Crippen LogP contribution is 2.37. The lowest BCUT2D eigenvalue weighted by molar-refractivity contribution is 0.0696. The highest BCUT2D eigenvalue weighted by atomic mass is 35.5. The molecule has 0 aliphatic heterocycles. The Morgan fingerprint density at radius 1 is 1.47 bits per heavy atom. The van der Waals surface area contributed by atoms with Crippen LogP contribution >= 0.6 is 11.6 Å². The number of aromatic nitrogens is 2. The summed E-state index contributed by atoms with van der Waals surface area (Å²) in [6.07, 6.45) is 3.36. The summed E-state index contributed by atoms with van der Waals surface area (Å²) in [6, 6.07) is 3.79. The third-order valence-electron chi connectivity index (χ3n) is 3.06. The summed E-state index contributed by atoms with van der Waals surface area (Å²) >= 11 is 6.28. The molecule has 19 heavy (non-hydrogen) atoms. The lowest BCUT2D eigenvalue weighted by Crippen LogP contribution is -2.06. The lowest BCUT2D eigenvalue weighted by Gasteiger charge is -2.15. The number of aromatic carboxylic acids is 1. The molecular formula is C14H15ClN2O2. The summed E-state index contributed by atoms with van der Waals surface area (Å²) in [5.74, 6) is -1.01. The number of hydrogen-bond donors (Lipinski definition) is 1. The molecule has 0 radical (unpaired) electrons. The first kappa shape index (κ1) is 13.6. The molecule has 0 aliphatic carbocycles. The van der Waals surface area contributed by atoms with E-state index in [2.05, 4.69) is 4.98 Å². The Balaban J connectivity index is 2.80. The SMILES string of the molecule is Cc1c(C(=O)O)c(Cl)c(-c2cccnc2)n1C(C)C. The van der Waals surface area contributed by atoms with Gasteiger partial charge < -0.3 is 9.67 Å². The molecule has 2 rings (SSSR count). The minimum atomic E-state index is -1.01. The fourth-order valence-corrected chi connectivity index (χ4v) is 2.75. The number of rotatable bonds is 3. The van der Waals surface area contributed by atoms with Gasteiger partial charge in [0.25, 0.3) is 0 Å². The van der Waals surface area contributed by atoms with Crippen molar-refractivity contribution in [3.8, 4) is 11.3 Å². The number of nitrogens with zero attached hydrogens (tertiary/aromatic N) is 2. The normalized spacial score (nSPS) is 11.0. The molecule has 100 valence electrons. The molecule has 1 N–H and O–H groups in total. The second-order valence-corrected chi connectivity index (χ2v) is 5.01. The van der Waals surface area contributed by atoms with E-state index in [1.165, 1.54) is 0 Å². The maximum absolute atomic E-state index is 11.3. The fourth-order valence-electron chi connectivity index (χ4n) is 2.33. The van der Waals surface area contributed by atoms with Crippen molar-refractivity contribution in [2.45, 2.75) is 26.8 Å². The molecule has 2 heterocycles. The van der Waals surface area contributed by atoms with Crippen molar-refractivity contribution < 1.29 is 9.90 Å². The largest absolute Gasteiger partial charge is 0.478 e. The molecule has 0 spiro atoms. The van der Waals surface area contributed by atoms with E-state index in [0.29, 0.717) is 11.4 Å². The minimum Gasteiger partial charge on any atom is -0.478 e. The topological polar surface area (TPSA) is 55.1 Å². The van der Waals surface area contributed by atoms with Crippen LogP contribution in [0.4, 0.5) is 0 Å². The van der Waals surface area contributed by atoms with Gasteiger partial charge in [-0.1, -0.05) is 11.6 Å². The van der Waals surface area contributed by atoms with E-state index in [9.17, 15) is 9.90 Å².